The minimum absolute atomic E-state index is 0.454. The predicted molar refractivity (Wildman–Crippen MR) is 74.0 cm³/mol. The van der Waals surface area contributed by atoms with Crippen LogP contribution in [0, 0.1) is 11.3 Å². The number of nitrogens with two attached hydrogens (primary N) is 1. The molecule has 0 aromatic rings. The standard InChI is InChI=1S/C15H30N2/c1-15(9-5-2-6-10-15)12-17-11-13-7-3-4-8-14(13)16/h13-14,17H,2-12,16H2,1H3. The molecule has 2 aliphatic carbocycles. The van der Waals surface area contributed by atoms with Gasteiger partial charge in [-0.3, -0.25) is 0 Å². The normalized spacial score (nSPS) is 33.5. The van der Waals surface area contributed by atoms with Gasteiger partial charge in [0.2, 0.25) is 0 Å². The highest BCUT2D eigenvalue weighted by molar-refractivity contribution is 4.83. The van der Waals surface area contributed by atoms with Crippen molar-refractivity contribution in [3.05, 3.63) is 0 Å². The lowest BCUT2D eigenvalue weighted by Crippen LogP contribution is -2.42. The molecule has 2 rings (SSSR count). The Balaban J connectivity index is 1.67. The van der Waals surface area contributed by atoms with Crippen LogP contribution < -0.4 is 11.1 Å². The zero-order chi connectivity index (χ0) is 12.1. The molecule has 0 radical (unpaired) electrons. The molecule has 2 aliphatic rings. The van der Waals surface area contributed by atoms with Crippen LogP contribution in [0.4, 0.5) is 0 Å². The van der Waals surface area contributed by atoms with Gasteiger partial charge in [0, 0.05) is 12.6 Å². The molecule has 2 unspecified atom stereocenters. The SMILES string of the molecule is CC1(CNCC2CCCCC2N)CCCCC1. The third-order valence-corrected chi connectivity index (χ3v) is 4.99. The van der Waals surface area contributed by atoms with E-state index in [4.69, 9.17) is 5.73 Å². The molecular formula is C15H30N2. The van der Waals surface area contributed by atoms with Crippen LogP contribution in [0.3, 0.4) is 0 Å². The Kier molecular flexibility index (Phi) is 4.87. The fraction of sp³-hybridized carbons (Fsp3) is 1.00. The van der Waals surface area contributed by atoms with Gasteiger partial charge in [-0.15, -0.1) is 0 Å². The molecule has 0 saturated heterocycles. The summed E-state index contributed by atoms with van der Waals surface area (Å²) in [5.74, 6) is 0.732. The molecule has 2 fully saturated rings. The summed E-state index contributed by atoms with van der Waals surface area (Å²) < 4.78 is 0. The van der Waals surface area contributed by atoms with Gasteiger partial charge < -0.3 is 11.1 Å². The number of nitrogens with one attached hydrogen (secondary N) is 1. The van der Waals surface area contributed by atoms with Gasteiger partial charge in [-0.05, 0) is 43.6 Å². The molecule has 0 aliphatic heterocycles. The number of hydrogen-bond donors (Lipinski definition) is 2. The van der Waals surface area contributed by atoms with E-state index in [0.29, 0.717) is 11.5 Å². The van der Waals surface area contributed by atoms with Crippen molar-refractivity contribution in [1.82, 2.24) is 5.32 Å². The molecule has 0 spiro atoms. The molecule has 0 heterocycles. The van der Waals surface area contributed by atoms with Crippen LogP contribution in [0.25, 0.3) is 0 Å². The average Bonchev–Trinajstić information content (AvgIpc) is 2.32. The van der Waals surface area contributed by atoms with E-state index >= 15 is 0 Å². The summed E-state index contributed by atoms with van der Waals surface area (Å²) in [6.07, 6.45) is 12.4. The van der Waals surface area contributed by atoms with Crippen LogP contribution in [0.1, 0.15) is 64.7 Å². The first-order valence-electron chi connectivity index (χ1n) is 7.66. The Morgan fingerprint density at radius 2 is 1.76 bits per heavy atom. The Hall–Kier alpha value is -0.0800. The summed E-state index contributed by atoms with van der Waals surface area (Å²) in [5.41, 5.74) is 6.76. The van der Waals surface area contributed by atoms with Gasteiger partial charge in [-0.25, -0.2) is 0 Å². The van der Waals surface area contributed by atoms with E-state index in [-0.39, 0.29) is 0 Å². The van der Waals surface area contributed by atoms with Crippen molar-refractivity contribution in [2.45, 2.75) is 70.8 Å². The van der Waals surface area contributed by atoms with Gasteiger partial charge in [0.15, 0.2) is 0 Å². The van der Waals surface area contributed by atoms with Gasteiger partial charge in [-0.1, -0.05) is 39.0 Å². The third-order valence-electron chi connectivity index (χ3n) is 4.99. The number of rotatable bonds is 4. The molecule has 0 aromatic heterocycles. The molecule has 2 atom stereocenters. The molecule has 0 aromatic carbocycles. The van der Waals surface area contributed by atoms with Crippen LogP contribution in [0.2, 0.25) is 0 Å². The summed E-state index contributed by atoms with van der Waals surface area (Å²) in [6.45, 7) is 4.81. The Morgan fingerprint density at radius 3 is 2.47 bits per heavy atom. The highest BCUT2D eigenvalue weighted by Crippen LogP contribution is 2.35. The zero-order valence-corrected chi connectivity index (χ0v) is 11.5. The maximum absolute atomic E-state index is 6.19. The predicted octanol–water partition coefficient (Wildman–Crippen LogP) is 3.06. The van der Waals surface area contributed by atoms with Crippen molar-refractivity contribution in [2.75, 3.05) is 13.1 Å². The highest BCUT2D eigenvalue weighted by atomic mass is 14.9. The van der Waals surface area contributed by atoms with Gasteiger partial charge in [0.25, 0.3) is 0 Å². The molecule has 2 heteroatoms. The van der Waals surface area contributed by atoms with E-state index in [0.717, 1.165) is 12.5 Å². The van der Waals surface area contributed by atoms with E-state index in [2.05, 4.69) is 12.2 Å². The van der Waals surface area contributed by atoms with E-state index in [1.807, 2.05) is 0 Å². The van der Waals surface area contributed by atoms with Crippen LogP contribution in [-0.2, 0) is 0 Å². The van der Waals surface area contributed by atoms with E-state index < -0.39 is 0 Å². The third kappa shape index (κ3) is 3.96. The summed E-state index contributed by atoms with van der Waals surface area (Å²) >= 11 is 0. The quantitative estimate of drug-likeness (QED) is 0.790. The van der Waals surface area contributed by atoms with Gasteiger partial charge >= 0.3 is 0 Å². The van der Waals surface area contributed by atoms with Gasteiger partial charge in [0.05, 0.1) is 0 Å². The molecule has 0 bridgehead atoms. The van der Waals surface area contributed by atoms with E-state index in [1.54, 1.807) is 0 Å². The number of hydrogen-bond acceptors (Lipinski definition) is 2. The summed E-state index contributed by atoms with van der Waals surface area (Å²) in [5, 5.41) is 3.72. The van der Waals surface area contributed by atoms with Crippen LogP contribution >= 0.6 is 0 Å². The van der Waals surface area contributed by atoms with Gasteiger partial charge in [-0.2, -0.15) is 0 Å². The summed E-state index contributed by atoms with van der Waals surface area (Å²) in [6, 6.07) is 0.454. The Morgan fingerprint density at radius 1 is 1.06 bits per heavy atom. The van der Waals surface area contributed by atoms with Crippen LogP contribution in [-0.4, -0.2) is 19.1 Å². The van der Waals surface area contributed by atoms with E-state index in [9.17, 15) is 0 Å². The van der Waals surface area contributed by atoms with Crippen LogP contribution in [0.15, 0.2) is 0 Å². The monoisotopic (exact) mass is 238 g/mol. The van der Waals surface area contributed by atoms with Crippen molar-refractivity contribution in [3.63, 3.8) is 0 Å². The Labute approximate surface area is 107 Å². The summed E-state index contributed by atoms with van der Waals surface area (Å²) in [7, 11) is 0. The maximum Gasteiger partial charge on any atom is 0.00792 e. The van der Waals surface area contributed by atoms with Crippen molar-refractivity contribution >= 4 is 0 Å². The lowest BCUT2D eigenvalue weighted by molar-refractivity contribution is 0.197. The van der Waals surface area contributed by atoms with E-state index in [1.165, 1.54) is 64.3 Å². The minimum Gasteiger partial charge on any atom is -0.327 e. The topological polar surface area (TPSA) is 38.0 Å². The first-order chi connectivity index (χ1) is 8.20. The molecule has 0 amide bonds. The molecule has 100 valence electrons. The average molecular weight is 238 g/mol. The lowest BCUT2D eigenvalue weighted by atomic mass is 9.75. The van der Waals surface area contributed by atoms with Gasteiger partial charge in [0.1, 0.15) is 0 Å². The second kappa shape index (κ2) is 6.19. The first-order valence-corrected chi connectivity index (χ1v) is 7.66. The molecule has 2 saturated carbocycles. The van der Waals surface area contributed by atoms with Crippen molar-refractivity contribution in [3.8, 4) is 0 Å². The zero-order valence-electron chi connectivity index (χ0n) is 11.5. The van der Waals surface area contributed by atoms with Crippen LogP contribution in [0.5, 0.6) is 0 Å². The van der Waals surface area contributed by atoms with Crippen molar-refractivity contribution < 1.29 is 0 Å². The summed E-state index contributed by atoms with van der Waals surface area (Å²) in [4.78, 5) is 0. The van der Waals surface area contributed by atoms with Crippen molar-refractivity contribution in [2.24, 2.45) is 17.1 Å². The molecule has 3 N–H and O–H groups in total. The lowest BCUT2D eigenvalue weighted by Gasteiger charge is -2.35. The first kappa shape index (κ1) is 13.4. The highest BCUT2D eigenvalue weighted by Gasteiger charge is 2.27. The smallest absolute Gasteiger partial charge is 0.00792 e. The fourth-order valence-corrected chi connectivity index (χ4v) is 3.63. The maximum atomic E-state index is 6.19. The molecular weight excluding hydrogens is 208 g/mol. The second-order valence-electron chi connectivity index (χ2n) is 6.71. The molecule has 2 nitrogen and oxygen atoms in total. The minimum atomic E-state index is 0.454. The largest absolute Gasteiger partial charge is 0.327 e. The van der Waals surface area contributed by atoms with Crippen molar-refractivity contribution in [1.29, 1.82) is 0 Å². The molecule has 17 heavy (non-hydrogen) atoms. The second-order valence-corrected chi connectivity index (χ2v) is 6.71. The fourth-order valence-electron chi connectivity index (χ4n) is 3.63. The Bertz CT molecular complexity index is 221.